The molecule has 138 valence electrons. The van der Waals surface area contributed by atoms with Crippen LogP contribution in [0.15, 0.2) is 96.3 Å². The van der Waals surface area contributed by atoms with Gasteiger partial charge in [0.15, 0.2) is 0 Å². The van der Waals surface area contributed by atoms with Crippen LogP contribution in [0.2, 0.25) is 0 Å². The van der Waals surface area contributed by atoms with Gasteiger partial charge in [-0.25, -0.2) is 4.98 Å². The predicted molar refractivity (Wildman–Crippen MR) is 116 cm³/mol. The predicted octanol–water partition coefficient (Wildman–Crippen LogP) is 5.27. The van der Waals surface area contributed by atoms with E-state index in [0.717, 1.165) is 11.1 Å². The summed E-state index contributed by atoms with van der Waals surface area (Å²) in [5, 5.41) is 0. The second-order valence-electron chi connectivity index (χ2n) is 6.03. The van der Waals surface area contributed by atoms with E-state index in [1.807, 2.05) is 60.7 Å². The van der Waals surface area contributed by atoms with Gasteiger partial charge in [-0.3, -0.25) is 4.79 Å². The van der Waals surface area contributed by atoms with Crippen molar-refractivity contribution in [3.8, 4) is 11.8 Å². The molecule has 0 spiro atoms. The van der Waals surface area contributed by atoms with E-state index in [1.54, 1.807) is 29.3 Å². The minimum absolute atomic E-state index is 0.108. The summed E-state index contributed by atoms with van der Waals surface area (Å²) in [6.45, 7) is 4.19. The smallest absolute Gasteiger partial charge is 0.255 e. The molecule has 0 saturated carbocycles. The molecule has 1 unspecified atom stereocenters. The maximum absolute atomic E-state index is 13.2. The molecule has 1 heterocycles. The van der Waals surface area contributed by atoms with Crippen LogP contribution in [0.1, 0.15) is 27.5 Å². The second kappa shape index (κ2) is 9.68. The van der Waals surface area contributed by atoms with E-state index in [-0.39, 0.29) is 5.91 Å². The van der Waals surface area contributed by atoms with Gasteiger partial charge in [0.25, 0.3) is 5.91 Å². The first-order valence-corrected chi connectivity index (χ1v) is 9.64. The number of aromatic nitrogens is 1. The Bertz CT molecular complexity index is 1010. The van der Waals surface area contributed by atoms with Gasteiger partial charge in [0.2, 0.25) is 0 Å². The van der Waals surface area contributed by atoms with Crippen molar-refractivity contribution in [3.05, 3.63) is 113 Å². The Morgan fingerprint density at radius 1 is 1.07 bits per heavy atom. The van der Waals surface area contributed by atoms with Gasteiger partial charge in [-0.15, -0.1) is 6.58 Å². The standard InChI is InChI=1S/C24H19BrN2O/c1-2-18-27(24(28)20-12-7-4-8-13-20)22(21-14-9-17-26-23(21)25)16-15-19-10-5-3-6-11-19/h2-14,17,22H,1,18H2. The number of benzene rings is 2. The molecule has 4 heteroatoms. The van der Waals surface area contributed by atoms with Gasteiger partial charge in [0.05, 0.1) is 0 Å². The third-order valence-corrected chi connectivity index (χ3v) is 4.79. The van der Waals surface area contributed by atoms with Gasteiger partial charge < -0.3 is 4.90 Å². The van der Waals surface area contributed by atoms with Gasteiger partial charge >= 0.3 is 0 Å². The maximum atomic E-state index is 13.2. The minimum atomic E-state index is -0.478. The number of amides is 1. The summed E-state index contributed by atoms with van der Waals surface area (Å²) in [4.78, 5) is 19.3. The van der Waals surface area contributed by atoms with E-state index in [0.29, 0.717) is 16.7 Å². The van der Waals surface area contributed by atoms with E-state index in [1.165, 1.54) is 0 Å². The molecule has 0 fully saturated rings. The summed E-state index contributed by atoms with van der Waals surface area (Å²) >= 11 is 3.51. The van der Waals surface area contributed by atoms with E-state index in [9.17, 15) is 4.79 Å². The molecule has 1 amide bonds. The lowest BCUT2D eigenvalue weighted by atomic mass is 10.0. The lowest BCUT2D eigenvalue weighted by Gasteiger charge is -2.28. The average Bonchev–Trinajstić information content (AvgIpc) is 2.75. The van der Waals surface area contributed by atoms with Crippen LogP contribution in [0.5, 0.6) is 0 Å². The van der Waals surface area contributed by atoms with Crippen molar-refractivity contribution in [2.45, 2.75) is 6.04 Å². The van der Waals surface area contributed by atoms with Crippen LogP contribution in [0.3, 0.4) is 0 Å². The molecule has 0 aliphatic rings. The second-order valence-corrected chi connectivity index (χ2v) is 6.78. The Morgan fingerprint density at radius 3 is 2.39 bits per heavy atom. The molecule has 0 radical (unpaired) electrons. The summed E-state index contributed by atoms with van der Waals surface area (Å²) in [5.74, 6) is 6.35. The Morgan fingerprint density at radius 2 is 1.75 bits per heavy atom. The van der Waals surface area contributed by atoms with Gasteiger partial charge in [-0.05, 0) is 46.3 Å². The largest absolute Gasteiger partial charge is 0.317 e. The zero-order chi connectivity index (χ0) is 19.8. The molecule has 1 aromatic heterocycles. The molecule has 3 nitrogen and oxygen atoms in total. The van der Waals surface area contributed by atoms with Crippen LogP contribution >= 0.6 is 15.9 Å². The number of nitrogens with zero attached hydrogens (tertiary/aromatic N) is 2. The fraction of sp³-hybridized carbons (Fsp3) is 0.0833. The molecule has 0 N–H and O–H groups in total. The lowest BCUT2D eigenvalue weighted by Crippen LogP contribution is -2.35. The highest BCUT2D eigenvalue weighted by atomic mass is 79.9. The Balaban J connectivity index is 2.07. The first-order valence-electron chi connectivity index (χ1n) is 8.84. The zero-order valence-electron chi connectivity index (χ0n) is 15.3. The number of rotatable bonds is 5. The van der Waals surface area contributed by atoms with Gasteiger partial charge in [-0.1, -0.05) is 60.4 Å². The highest BCUT2D eigenvalue weighted by molar-refractivity contribution is 9.10. The topological polar surface area (TPSA) is 33.2 Å². The van der Waals surface area contributed by atoms with Crippen LogP contribution in [-0.4, -0.2) is 22.3 Å². The fourth-order valence-corrected chi connectivity index (χ4v) is 3.26. The third-order valence-electron chi connectivity index (χ3n) is 4.13. The van der Waals surface area contributed by atoms with Crippen molar-refractivity contribution >= 4 is 21.8 Å². The summed E-state index contributed by atoms with van der Waals surface area (Å²) in [6, 6.07) is 22.2. The van der Waals surface area contributed by atoms with Crippen molar-refractivity contribution in [1.82, 2.24) is 9.88 Å². The van der Waals surface area contributed by atoms with E-state index in [4.69, 9.17) is 0 Å². The van der Waals surface area contributed by atoms with Gasteiger partial charge in [0.1, 0.15) is 10.6 Å². The summed E-state index contributed by atoms with van der Waals surface area (Å²) in [5.41, 5.74) is 2.33. The summed E-state index contributed by atoms with van der Waals surface area (Å²) < 4.78 is 0.664. The van der Waals surface area contributed by atoms with Crippen molar-refractivity contribution in [2.24, 2.45) is 0 Å². The fourth-order valence-electron chi connectivity index (χ4n) is 2.79. The van der Waals surface area contributed by atoms with Crippen molar-refractivity contribution < 1.29 is 4.79 Å². The SMILES string of the molecule is C=CCN(C(=O)c1ccccc1)C(C#Cc1ccccc1)c1cccnc1Br. The van der Waals surface area contributed by atoms with Crippen LogP contribution in [0, 0.1) is 11.8 Å². The number of pyridine rings is 1. The quantitative estimate of drug-likeness (QED) is 0.314. The van der Waals surface area contributed by atoms with Crippen LogP contribution < -0.4 is 0 Å². The summed E-state index contributed by atoms with van der Waals surface area (Å²) in [6.07, 6.45) is 3.41. The molecule has 2 aromatic carbocycles. The number of carbonyl (C=O) groups excluding carboxylic acids is 1. The first kappa shape index (κ1) is 19.6. The van der Waals surface area contributed by atoms with Crippen molar-refractivity contribution in [2.75, 3.05) is 6.54 Å². The zero-order valence-corrected chi connectivity index (χ0v) is 16.8. The highest BCUT2D eigenvalue weighted by Gasteiger charge is 2.25. The Kier molecular flexibility index (Phi) is 6.78. The number of halogens is 1. The molecule has 0 aliphatic carbocycles. The number of carbonyl (C=O) groups is 1. The van der Waals surface area contributed by atoms with E-state index >= 15 is 0 Å². The van der Waals surface area contributed by atoms with Crippen LogP contribution in [-0.2, 0) is 0 Å². The number of hydrogen-bond donors (Lipinski definition) is 0. The maximum Gasteiger partial charge on any atom is 0.255 e. The van der Waals surface area contributed by atoms with Crippen molar-refractivity contribution in [1.29, 1.82) is 0 Å². The lowest BCUT2D eigenvalue weighted by molar-refractivity contribution is 0.0739. The molecular weight excluding hydrogens is 412 g/mol. The number of hydrogen-bond acceptors (Lipinski definition) is 2. The molecule has 0 bridgehead atoms. The minimum Gasteiger partial charge on any atom is -0.317 e. The molecular formula is C24H19BrN2O. The Hall–Kier alpha value is -3.16. The van der Waals surface area contributed by atoms with Gasteiger partial charge in [-0.2, -0.15) is 0 Å². The normalized spacial score (nSPS) is 11.0. The van der Waals surface area contributed by atoms with Crippen molar-refractivity contribution in [3.63, 3.8) is 0 Å². The highest BCUT2D eigenvalue weighted by Crippen LogP contribution is 2.27. The van der Waals surface area contributed by atoms with Crippen LogP contribution in [0.4, 0.5) is 0 Å². The molecule has 3 aromatic rings. The molecule has 1 atom stereocenters. The average molecular weight is 431 g/mol. The molecule has 3 rings (SSSR count). The Labute approximate surface area is 173 Å². The molecule has 28 heavy (non-hydrogen) atoms. The van der Waals surface area contributed by atoms with E-state index < -0.39 is 6.04 Å². The summed E-state index contributed by atoms with van der Waals surface area (Å²) in [7, 11) is 0. The van der Waals surface area contributed by atoms with E-state index in [2.05, 4.69) is 39.3 Å². The third kappa shape index (κ3) is 4.76. The molecule has 0 aliphatic heterocycles. The molecule has 0 saturated heterocycles. The van der Waals surface area contributed by atoms with Gasteiger partial charge in [0, 0.05) is 29.4 Å². The monoisotopic (exact) mass is 430 g/mol. The first-order chi connectivity index (χ1) is 13.7. The van der Waals surface area contributed by atoms with Crippen LogP contribution in [0.25, 0.3) is 0 Å².